The molecule has 1 aromatic heterocycles. The van der Waals surface area contributed by atoms with Gasteiger partial charge in [-0.3, -0.25) is 4.79 Å². The van der Waals surface area contributed by atoms with E-state index in [4.69, 9.17) is 14.2 Å². The van der Waals surface area contributed by atoms with Crippen LogP contribution in [0.25, 0.3) is 10.9 Å². The van der Waals surface area contributed by atoms with Gasteiger partial charge in [0, 0.05) is 46.5 Å². The van der Waals surface area contributed by atoms with E-state index in [0.29, 0.717) is 46.9 Å². The lowest BCUT2D eigenvalue weighted by Gasteiger charge is -2.21. The lowest BCUT2D eigenvalue weighted by atomic mass is 9.96. The highest BCUT2D eigenvalue weighted by Gasteiger charge is 2.25. The molecule has 0 saturated carbocycles. The SMILES string of the molecule is COc1cc(NC(C(=O)c2c[nH]c3ccc(F)cc23)c2ccccc2)cc(OCCOC(C)(C)C)c1. The van der Waals surface area contributed by atoms with Crippen molar-refractivity contribution in [3.63, 3.8) is 0 Å². The Morgan fingerprint density at radius 1 is 1.00 bits per heavy atom. The molecule has 36 heavy (non-hydrogen) atoms. The average Bonchev–Trinajstić information content (AvgIpc) is 3.27. The fourth-order valence-electron chi connectivity index (χ4n) is 3.93. The minimum atomic E-state index is -0.724. The number of halogens is 1. The largest absolute Gasteiger partial charge is 0.497 e. The smallest absolute Gasteiger partial charge is 0.191 e. The van der Waals surface area contributed by atoms with Crippen molar-refractivity contribution in [2.75, 3.05) is 25.6 Å². The Bertz CT molecular complexity index is 1330. The van der Waals surface area contributed by atoms with E-state index in [1.165, 1.54) is 12.1 Å². The number of benzene rings is 3. The van der Waals surface area contributed by atoms with Crippen LogP contribution in [0.4, 0.5) is 10.1 Å². The standard InChI is InChI=1S/C29H31FN2O4/c1-29(2,3)36-13-12-35-23-16-21(15-22(17-23)34-4)32-27(19-8-6-5-7-9-19)28(33)25-18-31-26-11-10-20(30)14-24(25)26/h5-11,14-18,27,31-32H,12-13H2,1-4H3. The molecule has 4 aromatic rings. The van der Waals surface area contributed by atoms with Crippen LogP contribution in [-0.4, -0.2) is 36.7 Å². The van der Waals surface area contributed by atoms with Crippen LogP contribution in [-0.2, 0) is 4.74 Å². The van der Waals surface area contributed by atoms with E-state index in [1.54, 1.807) is 31.5 Å². The Labute approximate surface area is 210 Å². The maximum Gasteiger partial charge on any atom is 0.191 e. The van der Waals surface area contributed by atoms with Crippen molar-refractivity contribution in [1.82, 2.24) is 4.98 Å². The summed E-state index contributed by atoms with van der Waals surface area (Å²) in [5.41, 5.74) is 2.27. The van der Waals surface area contributed by atoms with Gasteiger partial charge in [0.05, 0.1) is 19.3 Å². The van der Waals surface area contributed by atoms with Gasteiger partial charge >= 0.3 is 0 Å². The molecule has 1 unspecified atom stereocenters. The summed E-state index contributed by atoms with van der Waals surface area (Å²) in [6.45, 7) is 6.77. The van der Waals surface area contributed by atoms with Gasteiger partial charge in [-0.15, -0.1) is 0 Å². The Kier molecular flexibility index (Phi) is 7.60. The lowest BCUT2D eigenvalue weighted by Crippen LogP contribution is -2.22. The highest BCUT2D eigenvalue weighted by Crippen LogP contribution is 2.32. The third-order valence-electron chi connectivity index (χ3n) is 5.62. The second-order valence-corrected chi connectivity index (χ2v) is 9.45. The second kappa shape index (κ2) is 10.8. The number of methoxy groups -OCH3 is 1. The summed E-state index contributed by atoms with van der Waals surface area (Å²) in [5.74, 6) is 0.579. The number of fused-ring (bicyclic) bond motifs is 1. The van der Waals surface area contributed by atoms with Crippen molar-refractivity contribution in [3.05, 3.63) is 89.9 Å². The number of carbonyl (C=O) groups is 1. The fourth-order valence-corrected chi connectivity index (χ4v) is 3.93. The Morgan fingerprint density at radius 2 is 1.75 bits per heavy atom. The molecule has 0 spiro atoms. The average molecular weight is 491 g/mol. The van der Waals surface area contributed by atoms with Crippen molar-refractivity contribution in [3.8, 4) is 11.5 Å². The van der Waals surface area contributed by atoms with Gasteiger partial charge in [-0.2, -0.15) is 0 Å². The van der Waals surface area contributed by atoms with E-state index in [2.05, 4.69) is 10.3 Å². The first kappa shape index (κ1) is 25.3. The first-order valence-electron chi connectivity index (χ1n) is 11.8. The van der Waals surface area contributed by atoms with E-state index in [1.807, 2.05) is 57.2 Å². The molecular formula is C29H31FN2O4. The van der Waals surface area contributed by atoms with E-state index >= 15 is 0 Å². The fraction of sp³-hybridized carbons (Fsp3) is 0.276. The molecule has 1 heterocycles. The van der Waals surface area contributed by atoms with Crippen molar-refractivity contribution >= 4 is 22.4 Å². The third-order valence-corrected chi connectivity index (χ3v) is 5.62. The molecule has 7 heteroatoms. The Hall–Kier alpha value is -3.84. The first-order chi connectivity index (χ1) is 17.2. The summed E-state index contributed by atoms with van der Waals surface area (Å²) in [6, 6.07) is 18.4. The van der Waals surface area contributed by atoms with E-state index in [-0.39, 0.29) is 11.4 Å². The lowest BCUT2D eigenvalue weighted by molar-refractivity contribution is -0.0163. The molecule has 0 fully saturated rings. The third kappa shape index (κ3) is 6.23. The summed E-state index contributed by atoms with van der Waals surface area (Å²) < 4.78 is 31.1. The number of Topliss-reactive ketones (excluding diaryl/α,β-unsaturated/α-hetero) is 1. The van der Waals surface area contributed by atoms with Crippen LogP contribution in [0.5, 0.6) is 11.5 Å². The molecule has 3 aromatic carbocycles. The zero-order chi connectivity index (χ0) is 25.7. The van der Waals surface area contributed by atoms with Crippen LogP contribution >= 0.6 is 0 Å². The van der Waals surface area contributed by atoms with Crippen LogP contribution in [0.1, 0.15) is 42.7 Å². The molecule has 188 valence electrons. The molecule has 0 aliphatic carbocycles. The second-order valence-electron chi connectivity index (χ2n) is 9.45. The summed E-state index contributed by atoms with van der Waals surface area (Å²) >= 11 is 0. The van der Waals surface area contributed by atoms with Crippen molar-refractivity contribution < 1.29 is 23.4 Å². The van der Waals surface area contributed by atoms with Crippen LogP contribution in [0.15, 0.2) is 72.9 Å². The van der Waals surface area contributed by atoms with Crippen molar-refractivity contribution in [2.45, 2.75) is 32.4 Å². The van der Waals surface area contributed by atoms with Gasteiger partial charge in [-0.25, -0.2) is 4.39 Å². The number of anilines is 1. The number of hydrogen-bond acceptors (Lipinski definition) is 5. The number of carbonyl (C=O) groups excluding carboxylic acids is 1. The normalized spacial score (nSPS) is 12.4. The number of hydrogen-bond donors (Lipinski definition) is 2. The molecule has 0 aliphatic heterocycles. The zero-order valence-corrected chi connectivity index (χ0v) is 20.9. The molecule has 4 rings (SSSR count). The zero-order valence-electron chi connectivity index (χ0n) is 20.9. The number of aromatic amines is 1. The minimum Gasteiger partial charge on any atom is -0.497 e. The van der Waals surface area contributed by atoms with E-state index < -0.39 is 11.9 Å². The van der Waals surface area contributed by atoms with E-state index in [0.717, 1.165) is 5.56 Å². The molecule has 1 atom stereocenters. The van der Waals surface area contributed by atoms with Gasteiger partial charge in [0.1, 0.15) is 30.0 Å². The number of ether oxygens (including phenoxy) is 3. The topological polar surface area (TPSA) is 72.6 Å². The number of H-pyrrole nitrogens is 1. The molecule has 0 aliphatic rings. The van der Waals surface area contributed by atoms with Crippen LogP contribution in [0, 0.1) is 5.82 Å². The number of aromatic nitrogens is 1. The monoisotopic (exact) mass is 490 g/mol. The molecule has 6 nitrogen and oxygen atoms in total. The number of nitrogens with one attached hydrogen (secondary N) is 2. The van der Waals surface area contributed by atoms with Crippen LogP contribution in [0.3, 0.4) is 0 Å². The van der Waals surface area contributed by atoms with E-state index in [9.17, 15) is 9.18 Å². The van der Waals surface area contributed by atoms with Gasteiger partial charge in [0.15, 0.2) is 5.78 Å². The van der Waals surface area contributed by atoms with Crippen molar-refractivity contribution in [2.24, 2.45) is 0 Å². The summed E-state index contributed by atoms with van der Waals surface area (Å²) in [6.07, 6.45) is 1.62. The van der Waals surface area contributed by atoms with Gasteiger partial charge < -0.3 is 24.5 Å². The molecular weight excluding hydrogens is 459 g/mol. The van der Waals surface area contributed by atoms with Gasteiger partial charge in [0.2, 0.25) is 0 Å². The quantitative estimate of drug-likeness (QED) is 0.195. The maximum absolute atomic E-state index is 14.0. The Morgan fingerprint density at radius 3 is 2.47 bits per heavy atom. The molecule has 0 saturated heterocycles. The van der Waals surface area contributed by atoms with Gasteiger partial charge in [-0.05, 0) is 44.5 Å². The molecule has 0 radical (unpaired) electrons. The highest BCUT2D eigenvalue weighted by molar-refractivity contribution is 6.11. The number of rotatable bonds is 10. The summed E-state index contributed by atoms with van der Waals surface area (Å²) in [5, 5.41) is 3.88. The van der Waals surface area contributed by atoms with Gasteiger partial charge in [-0.1, -0.05) is 30.3 Å². The predicted molar refractivity (Wildman–Crippen MR) is 140 cm³/mol. The Balaban J connectivity index is 1.63. The first-order valence-corrected chi connectivity index (χ1v) is 11.8. The molecule has 0 amide bonds. The van der Waals surface area contributed by atoms with Crippen LogP contribution < -0.4 is 14.8 Å². The highest BCUT2D eigenvalue weighted by atomic mass is 19.1. The summed E-state index contributed by atoms with van der Waals surface area (Å²) in [7, 11) is 1.58. The van der Waals surface area contributed by atoms with Crippen LogP contribution in [0.2, 0.25) is 0 Å². The van der Waals surface area contributed by atoms with Crippen molar-refractivity contribution in [1.29, 1.82) is 0 Å². The molecule has 2 N–H and O–H groups in total. The number of ketones is 1. The predicted octanol–water partition coefficient (Wildman–Crippen LogP) is 6.55. The van der Waals surface area contributed by atoms with Gasteiger partial charge in [0.25, 0.3) is 0 Å². The minimum absolute atomic E-state index is 0.193. The summed E-state index contributed by atoms with van der Waals surface area (Å²) in [4.78, 5) is 16.9. The molecule has 0 bridgehead atoms. The maximum atomic E-state index is 14.0.